The van der Waals surface area contributed by atoms with Crippen molar-refractivity contribution in [2.45, 2.75) is 37.6 Å². The van der Waals surface area contributed by atoms with Gasteiger partial charge >= 0.3 is 0 Å². The van der Waals surface area contributed by atoms with Gasteiger partial charge in [-0.05, 0) is 60.2 Å². The zero-order valence-corrected chi connectivity index (χ0v) is 25.0. The minimum Gasteiger partial charge on any atom is -0.370 e. The van der Waals surface area contributed by atoms with Crippen molar-refractivity contribution in [2.24, 2.45) is 16.5 Å². The van der Waals surface area contributed by atoms with Gasteiger partial charge in [0.05, 0.1) is 0 Å². The van der Waals surface area contributed by atoms with Crippen LogP contribution in [0, 0.1) is 0 Å². The number of nitrogens with two attached hydrogens (primary N) is 2. The summed E-state index contributed by atoms with van der Waals surface area (Å²) in [5.41, 5.74) is 12.3. The molecule has 0 aliphatic carbocycles. The first kappa shape index (κ1) is 31.7. The molecule has 3 amide bonds. The van der Waals surface area contributed by atoms with Crippen LogP contribution in [-0.4, -0.2) is 48.9 Å². The summed E-state index contributed by atoms with van der Waals surface area (Å²) >= 11 is 0. The van der Waals surface area contributed by atoms with Gasteiger partial charge in [-0.3, -0.25) is 14.4 Å². The van der Waals surface area contributed by atoms with E-state index < -0.39 is 11.4 Å². The highest BCUT2D eigenvalue weighted by atomic mass is 16.2. The highest BCUT2D eigenvalue weighted by Gasteiger charge is 2.34. The summed E-state index contributed by atoms with van der Waals surface area (Å²) in [7, 11) is 0. The fraction of sp³-hybridized carbons (Fsp3) is 0.257. The number of nitrogens with zero attached hydrogens (tertiary/aromatic N) is 1. The van der Waals surface area contributed by atoms with Crippen LogP contribution in [0.15, 0.2) is 108 Å². The number of carbonyl (C=O) groups is 3. The Hall–Kier alpha value is -5.18. The predicted octanol–water partition coefficient (Wildman–Crippen LogP) is 3.84. The molecule has 0 saturated heterocycles. The number of carbonyl (C=O) groups excluding carboxylic acids is 3. The second-order valence-corrected chi connectivity index (χ2v) is 11.0. The van der Waals surface area contributed by atoms with E-state index in [9.17, 15) is 14.4 Å². The van der Waals surface area contributed by atoms with E-state index in [1.165, 1.54) is 0 Å². The average molecular weight is 593 g/mol. The topological polar surface area (TPSA) is 152 Å². The van der Waals surface area contributed by atoms with Gasteiger partial charge in [-0.1, -0.05) is 91.0 Å². The smallest absolute Gasteiger partial charge is 0.251 e. The fourth-order valence-corrected chi connectivity index (χ4v) is 5.17. The molecular weight excluding hydrogens is 552 g/mol. The van der Waals surface area contributed by atoms with E-state index in [1.54, 1.807) is 6.92 Å². The number of amides is 3. The molecule has 0 radical (unpaired) electrons. The van der Waals surface area contributed by atoms with Crippen molar-refractivity contribution in [1.29, 1.82) is 0 Å². The molecule has 9 nitrogen and oxygen atoms in total. The molecule has 0 fully saturated rings. The van der Waals surface area contributed by atoms with Crippen molar-refractivity contribution in [1.82, 2.24) is 16.0 Å². The van der Waals surface area contributed by atoms with Crippen LogP contribution < -0.4 is 27.4 Å². The van der Waals surface area contributed by atoms with Gasteiger partial charge in [0, 0.05) is 24.6 Å². The first-order chi connectivity index (χ1) is 21.2. The lowest BCUT2D eigenvalue weighted by atomic mass is 9.89. The molecule has 228 valence electrons. The number of hydrogen-bond acceptors (Lipinski definition) is 4. The third-order valence-electron chi connectivity index (χ3n) is 7.59. The van der Waals surface area contributed by atoms with Crippen LogP contribution in [0.25, 0.3) is 10.8 Å². The highest BCUT2D eigenvalue weighted by molar-refractivity contribution is 5.98. The Balaban J connectivity index is 1.38. The average Bonchev–Trinajstić information content (AvgIpc) is 3.04. The number of unbranched alkanes of at least 4 members (excludes halogenated alkanes) is 1. The first-order valence-corrected chi connectivity index (χ1v) is 14.8. The van der Waals surface area contributed by atoms with Gasteiger partial charge in [0.1, 0.15) is 12.1 Å². The molecule has 4 aromatic rings. The van der Waals surface area contributed by atoms with E-state index in [-0.39, 0.29) is 30.2 Å². The largest absolute Gasteiger partial charge is 0.370 e. The highest BCUT2D eigenvalue weighted by Crippen LogP contribution is 2.24. The fourth-order valence-electron chi connectivity index (χ4n) is 5.17. The zero-order valence-electron chi connectivity index (χ0n) is 25.0. The second-order valence-electron chi connectivity index (χ2n) is 11.0. The van der Waals surface area contributed by atoms with Crippen molar-refractivity contribution >= 4 is 34.5 Å². The van der Waals surface area contributed by atoms with Crippen LogP contribution in [0.2, 0.25) is 0 Å². The second kappa shape index (κ2) is 15.3. The number of nitrogens with one attached hydrogen (secondary N) is 3. The number of rotatable bonds is 14. The molecule has 0 aromatic heterocycles. The molecule has 0 heterocycles. The SMILES string of the molecule is C[C@@](CCCCNC(=O)c1ccc2ccccc2c1)(NC(=O)CN=C(N)N)C(=O)NCC(c1ccccc1)c1ccccc1. The Kier molecular flexibility index (Phi) is 11.1. The molecule has 0 aliphatic rings. The lowest BCUT2D eigenvalue weighted by Crippen LogP contribution is -2.57. The number of guanidine groups is 1. The maximum absolute atomic E-state index is 13.7. The maximum atomic E-state index is 13.7. The van der Waals surface area contributed by atoms with Crippen molar-refractivity contribution < 1.29 is 14.4 Å². The van der Waals surface area contributed by atoms with Crippen molar-refractivity contribution in [3.8, 4) is 0 Å². The van der Waals surface area contributed by atoms with Crippen LogP contribution >= 0.6 is 0 Å². The maximum Gasteiger partial charge on any atom is 0.251 e. The molecular formula is C35H40N6O3. The van der Waals surface area contributed by atoms with Crippen molar-refractivity contribution in [3.05, 3.63) is 120 Å². The van der Waals surface area contributed by atoms with Crippen LogP contribution in [0.5, 0.6) is 0 Å². The summed E-state index contributed by atoms with van der Waals surface area (Å²) in [4.78, 5) is 42.9. The third kappa shape index (κ3) is 8.91. The van der Waals surface area contributed by atoms with Gasteiger partial charge in [0.15, 0.2) is 5.96 Å². The Morgan fingerprint density at radius 1 is 0.773 bits per heavy atom. The lowest BCUT2D eigenvalue weighted by Gasteiger charge is -2.31. The molecule has 0 unspecified atom stereocenters. The molecule has 4 rings (SSSR count). The number of aliphatic imine (C=N–C) groups is 1. The standard InChI is InChI=1S/C35H40N6O3/c1-35(41-31(42)24-40-34(36)37,20-10-11-21-38-32(43)29-19-18-25-12-8-9-17-28(25)22-29)33(44)39-23-30(26-13-4-2-5-14-26)27-15-6-3-7-16-27/h2-9,12-19,22,30H,10-11,20-21,23-24H2,1H3,(H,38,43)(H,39,44)(H,41,42)(H4,36,37,40)/t35-/m0/s1. The van der Waals surface area contributed by atoms with E-state index in [2.05, 4.69) is 20.9 Å². The monoisotopic (exact) mass is 592 g/mol. The third-order valence-corrected chi connectivity index (χ3v) is 7.59. The first-order valence-electron chi connectivity index (χ1n) is 14.8. The Labute approximate surface area is 258 Å². The van der Waals surface area contributed by atoms with Gasteiger partial charge in [0.2, 0.25) is 11.8 Å². The van der Waals surface area contributed by atoms with E-state index in [1.807, 2.05) is 103 Å². The van der Waals surface area contributed by atoms with Gasteiger partial charge in [-0.2, -0.15) is 0 Å². The summed E-state index contributed by atoms with van der Waals surface area (Å²) in [6.07, 6.45) is 1.54. The number of hydrogen-bond donors (Lipinski definition) is 5. The number of fused-ring (bicyclic) bond motifs is 1. The van der Waals surface area contributed by atoms with E-state index in [0.29, 0.717) is 37.9 Å². The molecule has 44 heavy (non-hydrogen) atoms. The Morgan fingerprint density at radius 2 is 1.39 bits per heavy atom. The Bertz CT molecular complexity index is 1550. The molecule has 4 aromatic carbocycles. The molecule has 0 bridgehead atoms. The predicted molar refractivity (Wildman–Crippen MR) is 175 cm³/mol. The van der Waals surface area contributed by atoms with Gasteiger partial charge in [-0.25, -0.2) is 4.99 Å². The summed E-state index contributed by atoms with van der Waals surface area (Å²) in [5, 5.41) is 10.9. The Morgan fingerprint density at radius 3 is 2.02 bits per heavy atom. The summed E-state index contributed by atoms with van der Waals surface area (Å²) in [6, 6.07) is 33.4. The molecule has 0 aliphatic heterocycles. The minimum atomic E-state index is -1.23. The van der Waals surface area contributed by atoms with Crippen LogP contribution in [-0.2, 0) is 9.59 Å². The van der Waals surface area contributed by atoms with E-state index >= 15 is 0 Å². The summed E-state index contributed by atoms with van der Waals surface area (Å²) < 4.78 is 0. The summed E-state index contributed by atoms with van der Waals surface area (Å²) in [5.74, 6) is -1.22. The van der Waals surface area contributed by atoms with Gasteiger partial charge in [0.25, 0.3) is 5.91 Å². The zero-order chi connectivity index (χ0) is 31.4. The minimum absolute atomic E-state index is 0.0757. The number of benzene rings is 4. The molecule has 7 N–H and O–H groups in total. The van der Waals surface area contributed by atoms with Crippen LogP contribution in [0.3, 0.4) is 0 Å². The van der Waals surface area contributed by atoms with Crippen LogP contribution in [0.4, 0.5) is 0 Å². The molecule has 9 heteroatoms. The normalized spacial score (nSPS) is 12.2. The molecule has 0 saturated carbocycles. The molecule has 0 spiro atoms. The van der Waals surface area contributed by atoms with Crippen LogP contribution in [0.1, 0.15) is 53.6 Å². The van der Waals surface area contributed by atoms with Gasteiger partial charge < -0.3 is 27.4 Å². The van der Waals surface area contributed by atoms with E-state index in [4.69, 9.17) is 11.5 Å². The lowest BCUT2D eigenvalue weighted by molar-refractivity contribution is -0.132. The quantitative estimate of drug-likeness (QED) is 0.0856. The van der Waals surface area contributed by atoms with Gasteiger partial charge in [-0.15, -0.1) is 0 Å². The van der Waals surface area contributed by atoms with Crippen molar-refractivity contribution in [3.63, 3.8) is 0 Å². The van der Waals surface area contributed by atoms with Crippen molar-refractivity contribution in [2.75, 3.05) is 19.6 Å². The summed E-state index contributed by atoms with van der Waals surface area (Å²) in [6.45, 7) is 2.18. The molecule has 1 atom stereocenters. The van der Waals surface area contributed by atoms with E-state index in [0.717, 1.165) is 21.9 Å².